The Labute approximate surface area is 154 Å². The van der Waals surface area contributed by atoms with Crippen LogP contribution in [0.25, 0.3) is 0 Å². The van der Waals surface area contributed by atoms with Crippen LogP contribution in [0.2, 0.25) is 0 Å². The third-order valence-electron chi connectivity index (χ3n) is 4.06. The van der Waals surface area contributed by atoms with Crippen molar-refractivity contribution in [3.05, 3.63) is 46.4 Å². The first-order chi connectivity index (χ1) is 12.0. The van der Waals surface area contributed by atoms with E-state index in [1.54, 1.807) is 11.3 Å². The van der Waals surface area contributed by atoms with E-state index in [2.05, 4.69) is 32.7 Å². The van der Waals surface area contributed by atoms with Gasteiger partial charge in [0.2, 0.25) is 5.91 Å². The first-order valence-corrected chi connectivity index (χ1v) is 9.78. The van der Waals surface area contributed by atoms with E-state index in [1.165, 1.54) is 0 Å². The van der Waals surface area contributed by atoms with Crippen LogP contribution in [0, 0.1) is 5.92 Å². The number of benzene rings is 1. The third kappa shape index (κ3) is 6.16. The Morgan fingerprint density at radius 3 is 2.60 bits per heavy atom. The second-order valence-corrected chi connectivity index (χ2v) is 7.65. The van der Waals surface area contributed by atoms with Crippen molar-refractivity contribution in [2.24, 2.45) is 5.92 Å². The molecule has 0 aliphatic rings. The van der Waals surface area contributed by atoms with Gasteiger partial charge in [-0.1, -0.05) is 39.0 Å². The fourth-order valence-corrected chi connectivity index (χ4v) is 3.20. The Hall–Kier alpha value is -1.88. The molecule has 0 spiro atoms. The van der Waals surface area contributed by atoms with Crippen LogP contribution < -0.4 is 4.74 Å². The van der Waals surface area contributed by atoms with Crippen LogP contribution in [0.3, 0.4) is 0 Å². The Morgan fingerprint density at radius 1 is 1.24 bits per heavy atom. The molecule has 1 atom stereocenters. The highest BCUT2D eigenvalue weighted by Gasteiger charge is 2.21. The van der Waals surface area contributed by atoms with Crippen LogP contribution in [0.1, 0.15) is 51.2 Å². The number of thiazole rings is 1. The van der Waals surface area contributed by atoms with Gasteiger partial charge in [-0.2, -0.15) is 0 Å². The molecule has 136 valence electrons. The molecule has 0 radical (unpaired) electrons. The summed E-state index contributed by atoms with van der Waals surface area (Å²) >= 11 is 1.58. The minimum absolute atomic E-state index is 0.208. The molecule has 1 heterocycles. The summed E-state index contributed by atoms with van der Waals surface area (Å²) in [5.74, 6) is 1.41. The third-order valence-corrected chi connectivity index (χ3v) is 4.93. The zero-order valence-electron chi connectivity index (χ0n) is 15.6. The lowest BCUT2D eigenvalue weighted by Gasteiger charge is -2.28. The van der Waals surface area contributed by atoms with E-state index in [4.69, 9.17) is 4.74 Å². The van der Waals surface area contributed by atoms with Crippen LogP contribution in [0.5, 0.6) is 5.75 Å². The first-order valence-electron chi connectivity index (χ1n) is 8.90. The number of hydrogen-bond acceptors (Lipinski definition) is 4. The van der Waals surface area contributed by atoms with E-state index in [1.807, 2.05) is 40.6 Å². The average Bonchev–Trinajstić information content (AvgIpc) is 3.05. The molecule has 1 aromatic heterocycles. The van der Waals surface area contributed by atoms with Gasteiger partial charge in [-0.05, 0) is 31.4 Å². The summed E-state index contributed by atoms with van der Waals surface area (Å²) < 4.78 is 5.75. The smallest absolute Gasteiger partial charge is 0.223 e. The molecule has 4 nitrogen and oxygen atoms in total. The lowest BCUT2D eigenvalue weighted by molar-refractivity contribution is -0.134. The van der Waals surface area contributed by atoms with Crippen molar-refractivity contribution in [3.63, 3.8) is 0 Å². The summed E-state index contributed by atoms with van der Waals surface area (Å²) in [5, 5.41) is 2.96. The van der Waals surface area contributed by atoms with Gasteiger partial charge >= 0.3 is 0 Å². The van der Waals surface area contributed by atoms with E-state index in [0.29, 0.717) is 25.5 Å². The summed E-state index contributed by atoms with van der Waals surface area (Å²) in [5.41, 5.74) is 0.939. The summed E-state index contributed by atoms with van der Waals surface area (Å²) in [4.78, 5) is 19.2. The number of rotatable bonds is 9. The van der Waals surface area contributed by atoms with E-state index < -0.39 is 0 Å². The number of carbonyl (C=O) groups is 1. The van der Waals surface area contributed by atoms with Crippen molar-refractivity contribution in [1.82, 2.24) is 9.88 Å². The molecule has 0 aliphatic carbocycles. The summed E-state index contributed by atoms with van der Waals surface area (Å²) in [6, 6.07) is 9.95. The lowest BCUT2D eigenvalue weighted by Crippen LogP contribution is -2.38. The molecule has 0 saturated heterocycles. The fourth-order valence-electron chi connectivity index (χ4n) is 2.50. The van der Waals surface area contributed by atoms with Gasteiger partial charge in [-0.25, -0.2) is 4.98 Å². The summed E-state index contributed by atoms with van der Waals surface area (Å²) in [6.45, 7) is 9.40. The molecule has 0 N–H and O–H groups in total. The topological polar surface area (TPSA) is 42.4 Å². The van der Waals surface area contributed by atoms with Crippen LogP contribution in [0.4, 0.5) is 0 Å². The normalized spacial score (nSPS) is 12.2. The molecule has 0 saturated carbocycles. The van der Waals surface area contributed by atoms with Gasteiger partial charge in [0, 0.05) is 17.8 Å². The molecule has 25 heavy (non-hydrogen) atoms. The van der Waals surface area contributed by atoms with Gasteiger partial charge in [0.15, 0.2) is 0 Å². The highest BCUT2D eigenvalue weighted by Crippen LogP contribution is 2.18. The maximum absolute atomic E-state index is 12.6. The van der Waals surface area contributed by atoms with Crippen LogP contribution in [-0.4, -0.2) is 21.8 Å². The van der Waals surface area contributed by atoms with Crippen LogP contribution >= 0.6 is 11.3 Å². The number of aromatic nitrogens is 1. The van der Waals surface area contributed by atoms with Crippen LogP contribution in [0.15, 0.2) is 35.7 Å². The molecule has 1 aromatic carbocycles. The highest BCUT2D eigenvalue weighted by molar-refractivity contribution is 7.09. The summed E-state index contributed by atoms with van der Waals surface area (Å²) in [7, 11) is 0. The molecule has 0 bridgehead atoms. The SMILES string of the molecule is CCC(C)N(Cc1csc(COc2ccccc2)n1)C(=O)CC(C)C. The molecular weight excluding hydrogens is 332 g/mol. The van der Waals surface area contributed by atoms with Crippen molar-refractivity contribution in [3.8, 4) is 5.75 Å². The highest BCUT2D eigenvalue weighted by atomic mass is 32.1. The largest absolute Gasteiger partial charge is 0.486 e. The van der Waals surface area contributed by atoms with Crippen molar-refractivity contribution in [2.75, 3.05) is 0 Å². The molecule has 1 amide bonds. The van der Waals surface area contributed by atoms with Crippen molar-refractivity contribution in [1.29, 1.82) is 0 Å². The summed E-state index contributed by atoms with van der Waals surface area (Å²) in [6.07, 6.45) is 1.52. The number of ether oxygens (including phenoxy) is 1. The van der Waals surface area contributed by atoms with Gasteiger partial charge in [0.25, 0.3) is 0 Å². The number of carbonyl (C=O) groups excluding carboxylic acids is 1. The quantitative estimate of drug-likeness (QED) is 0.639. The predicted molar refractivity (Wildman–Crippen MR) is 103 cm³/mol. The van der Waals surface area contributed by atoms with Crippen molar-refractivity contribution < 1.29 is 9.53 Å². The van der Waals surface area contributed by atoms with Gasteiger partial charge < -0.3 is 9.64 Å². The van der Waals surface area contributed by atoms with Crippen molar-refractivity contribution in [2.45, 2.75) is 59.7 Å². The van der Waals surface area contributed by atoms with Crippen LogP contribution in [-0.2, 0) is 17.9 Å². The molecule has 2 aromatic rings. The zero-order chi connectivity index (χ0) is 18.2. The maximum Gasteiger partial charge on any atom is 0.223 e. The Bertz CT molecular complexity index is 655. The van der Waals surface area contributed by atoms with E-state index in [9.17, 15) is 4.79 Å². The second kappa shape index (κ2) is 9.56. The average molecular weight is 361 g/mol. The van der Waals surface area contributed by atoms with Crippen molar-refractivity contribution >= 4 is 17.2 Å². The number of para-hydroxylation sites is 1. The Kier molecular flexibility index (Phi) is 7.44. The molecule has 0 fully saturated rings. The second-order valence-electron chi connectivity index (χ2n) is 6.71. The Balaban J connectivity index is 1.97. The molecular formula is C20H28N2O2S. The molecule has 5 heteroatoms. The fraction of sp³-hybridized carbons (Fsp3) is 0.500. The maximum atomic E-state index is 12.6. The van der Waals surface area contributed by atoms with E-state index in [-0.39, 0.29) is 11.9 Å². The van der Waals surface area contributed by atoms with Gasteiger partial charge in [0.05, 0.1) is 12.2 Å². The van der Waals surface area contributed by atoms with Gasteiger partial charge in [-0.3, -0.25) is 4.79 Å². The minimum atomic E-state index is 0.208. The van der Waals surface area contributed by atoms with E-state index in [0.717, 1.165) is 22.9 Å². The van der Waals surface area contributed by atoms with Gasteiger partial charge in [-0.15, -0.1) is 11.3 Å². The number of hydrogen-bond donors (Lipinski definition) is 0. The first kappa shape index (κ1) is 19.4. The number of amides is 1. The minimum Gasteiger partial charge on any atom is -0.486 e. The Morgan fingerprint density at radius 2 is 1.96 bits per heavy atom. The molecule has 2 rings (SSSR count). The lowest BCUT2D eigenvalue weighted by atomic mass is 10.1. The molecule has 1 unspecified atom stereocenters. The zero-order valence-corrected chi connectivity index (χ0v) is 16.4. The predicted octanol–water partition coefficient (Wildman–Crippen LogP) is 4.90. The molecule has 0 aliphatic heterocycles. The van der Waals surface area contributed by atoms with Gasteiger partial charge in [0.1, 0.15) is 17.4 Å². The number of nitrogens with zero attached hydrogens (tertiary/aromatic N) is 2. The van der Waals surface area contributed by atoms with E-state index >= 15 is 0 Å². The monoisotopic (exact) mass is 360 g/mol. The standard InChI is InChI=1S/C20H28N2O2S/c1-5-16(4)22(20(23)11-15(2)3)12-17-14-25-19(21-17)13-24-18-9-7-6-8-10-18/h6-10,14-16H,5,11-13H2,1-4H3.